The highest BCUT2D eigenvalue weighted by Crippen LogP contribution is 2.37. The number of tetrazole rings is 1. The van der Waals surface area contributed by atoms with Gasteiger partial charge in [-0.3, -0.25) is 9.59 Å². The first-order valence-corrected chi connectivity index (χ1v) is 16.0. The second-order valence-corrected chi connectivity index (χ2v) is 12.0. The summed E-state index contributed by atoms with van der Waals surface area (Å²) >= 11 is 6.07. The van der Waals surface area contributed by atoms with Crippen LogP contribution in [0.4, 0.5) is 10.1 Å². The van der Waals surface area contributed by atoms with Crippen LogP contribution in [0, 0.1) is 11.7 Å². The van der Waals surface area contributed by atoms with E-state index in [1.165, 1.54) is 64.5 Å². The van der Waals surface area contributed by atoms with Gasteiger partial charge in [0.1, 0.15) is 18.1 Å². The molecule has 0 unspecified atom stereocenters. The highest BCUT2D eigenvalue weighted by molar-refractivity contribution is 6.31. The number of fused-ring (bicyclic) bond motifs is 1. The zero-order valence-electron chi connectivity index (χ0n) is 25.8. The fourth-order valence-corrected chi connectivity index (χ4v) is 6.30. The predicted molar refractivity (Wildman–Crippen MR) is 175 cm³/mol. The Morgan fingerprint density at radius 3 is 2.62 bits per heavy atom. The van der Waals surface area contributed by atoms with Gasteiger partial charge in [0.2, 0.25) is 5.91 Å². The van der Waals surface area contributed by atoms with Crippen LogP contribution >= 0.6 is 11.6 Å². The van der Waals surface area contributed by atoms with Gasteiger partial charge in [0, 0.05) is 29.4 Å². The van der Waals surface area contributed by atoms with Gasteiger partial charge < -0.3 is 25.4 Å². The minimum Gasteiger partial charge on any atom is -0.493 e. The first-order chi connectivity index (χ1) is 23.3. The molecule has 48 heavy (non-hydrogen) atoms. The number of carbonyl (C=O) groups excluding carboxylic acids is 2. The van der Waals surface area contributed by atoms with Gasteiger partial charge in [-0.15, -0.1) is 5.10 Å². The lowest BCUT2D eigenvalue weighted by molar-refractivity contribution is -0.135. The lowest BCUT2D eigenvalue weighted by Gasteiger charge is -2.36. The fraction of sp³-hybridized carbons (Fsp3) is 0.294. The Morgan fingerprint density at radius 1 is 1.10 bits per heavy atom. The molecule has 4 aromatic rings. The molecule has 2 aliphatic heterocycles. The van der Waals surface area contributed by atoms with Crippen molar-refractivity contribution in [2.45, 2.75) is 31.7 Å². The summed E-state index contributed by atoms with van der Waals surface area (Å²) in [5, 5.41) is 26.3. The van der Waals surface area contributed by atoms with Crippen LogP contribution in [0.1, 0.15) is 52.4 Å². The van der Waals surface area contributed by atoms with Crippen LogP contribution in [-0.4, -0.2) is 74.2 Å². The number of carboxylic acid groups (broad SMARTS) is 1. The van der Waals surface area contributed by atoms with E-state index in [1.807, 2.05) is 6.07 Å². The lowest BCUT2D eigenvalue weighted by atomic mass is 9.90. The summed E-state index contributed by atoms with van der Waals surface area (Å²) in [5.41, 5.74) is 2.12. The molecule has 1 fully saturated rings. The van der Waals surface area contributed by atoms with E-state index in [0.717, 1.165) is 37.9 Å². The molecule has 3 heterocycles. The summed E-state index contributed by atoms with van der Waals surface area (Å²) in [6, 6.07) is 13.0. The zero-order chi connectivity index (χ0) is 33.6. The average molecular weight is 674 g/mol. The molecule has 1 saturated heterocycles. The predicted octanol–water partition coefficient (Wildman–Crippen LogP) is 4.70. The molecule has 12 nitrogen and oxygen atoms in total. The lowest BCUT2D eigenvalue weighted by Crippen LogP contribution is -2.44. The normalized spacial score (nSPS) is 16.5. The number of aromatic carboxylic acids is 1. The molecule has 2 aliphatic rings. The van der Waals surface area contributed by atoms with E-state index < -0.39 is 29.6 Å². The van der Waals surface area contributed by atoms with Crippen molar-refractivity contribution in [2.24, 2.45) is 5.92 Å². The Morgan fingerprint density at radius 2 is 1.90 bits per heavy atom. The third-order valence-electron chi connectivity index (χ3n) is 8.65. The van der Waals surface area contributed by atoms with Gasteiger partial charge in [-0.05, 0) is 109 Å². The average Bonchev–Trinajstić information content (AvgIpc) is 3.64. The molecule has 0 aliphatic carbocycles. The quantitative estimate of drug-likeness (QED) is 0.204. The van der Waals surface area contributed by atoms with Crippen LogP contribution in [-0.2, 0) is 16.0 Å². The SMILES string of the molecule is O=C(O)c1ccc(NC(=O)[C@@H]2c3cccc(OCCC4CCNCC4)c3CCN2C(=O)C=Cc2c(-n3cnnn3)ccc(Cl)c2F)cc1. The number of anilines is 1. The number of nitrogens with zero attached hydrogens (tertiary/aromatic N) is 5. The summed E-state index contributed by atoms with van der Waals surface area (Å²) in [6.45, 7) is 2.72. The van der Waals surface area contributed by atoms with Gasteiger partial charge in [0.25, 0.3) is 5.91 Å². The van der Waals surface area contributed by atoms with Gasteiger partial charge in [0.05, 0.1) is 22.9 Å². The summed E-state index contributed by atoms with van der Waals surface area (Å²) in [6.07, 6.45) is 7.32. The molecule has 0 radical (unpaired) electrons. The van der Waals surface area contributed by atoms with Crippen LogP contribution in [0.2, 0.25) is 5.02 Å². The van der Waals surface area contributed by atoms with Crippen molar-refractivity contribution in [1.29, 1.82) is 0 Å². The number of hydrogen-bond donors (Lipinski definition) is 3. The van der Waals surface area contributed by atoms with Crippen LogP contribution in [0.25, 0.3) is 11.8 Å². The number of carbonyl (C=O) groups is 3. The molecule has 0 bridgehead atoms. The smallest absolute Gasteiger partial charge is 0.335 e. The molecule has 0 spiro atoms. The minimum absolute atomic E-state index is 0.00971. The van der Waals surface area contributed by atoms with E-state index in [0.29, 0.717) is 35.9 Å². The van der Waals surface area contributed by atoms with E-state index >= 15 is 4.39 Å². The molecular weight excluding hydrogens is 641 g/mol. The number of rotatable bonds is 10. The monoisotopic (exact) mass is 673 g/mol. The van der Waals surface area contributed by atoms with Crippen molar-refractivity contribution in [2.75, 3.05) is 31.6 Å². The van der Waals surface area contributed by atoms with Crippen LogP contribution in [0.5, 0.6) is 5.75 Å². The number of benzene rings is 3. The van der Waals surface area contributed by atoms with Crippen molar-refractivity contribution in [3.05, 3.63) is 100 Å². The van der Waals surface area contributed by atoms with Crippen molar-refractivity contribution in [3.63, 3.8) is 0 Å². The maximum absolute atomic E-state index is 15.2. The molecule has 248 valence electrons. The van der Waals surface area contributed by atoms with Crippen LogP contribution in [0.3, 0.4) is 0 Å². The molecule has 3 N–H and O–H groups in total. The molecule has 0 saturated carbocycles. The van der Waals surface area contributed by atoms with E-state index in [1.54, 1.807) is 12.1 Å². The van der Waals surface area contributed by atoms with E-state index in [-0.39, 0.29) is 28.4 Å². The molecule has 14 heteroatoms. The maximum Gasteiger partial charge on any atom is 0.335 e. The molecular formula is C34H33ClFN7O5. The summed E-state index contributed by atoms with van der Waals surface area (Å²) in [7, 11) is 0. The topological polar surface area (TPSA) is 152 Å². The highest BCUT2D eigenvalue weighted by atomic mass is 35.5. The molecule has 6 rings (SSSR count). The summed E-state index contributed by atoms with van der Waals surface area (Å²) < 4.78 is 22.7. The maximum atomic E-state index is 15.2. The second kappa shape index (κ2) is 14.7. The number of aromatic nitrogens is 4. The van der Waals surface area contributed by atoms with Crippen molar-refractivity contribution in [1.82, 2.24) is 30.4 Å². The van der Waals surface area contributed by atoms with Crippen molar-refractivity contribution >= 4 is 41.1 Å². The number of ether oxygens (including phenoxy) is 1. The van der Waals surface area contributed by atoms with Gasteiger partial charge in [-0.1, -0.05) is 23.7 Å². The Balaban J connectivity index is 1.29. The first-order valence-electron chi connectivity index (χ1n) is 15.6. The third-order valence-corrected chi connectivity index (χ3v) is 8.94. The fourth-order valence-electron chi connectivity index (χ4n) is 6.14. The van der Waals surface area contributed by atoms with Gasteiger partial charge in [-0.25, -0.2) is 9.18 Å². The summed E-state index contributed by atoms with van der Waals surface area (Å²) in [5.74, 6) is -1.65. The Bertz CT molecular complexity index is 1830. The Kier molecular flexibility index (Phi) is 10.1. The minimum atomic E-state index is -1.09. The largest absolute Gasteiger partial charge is 0.493 e. The first kappa shape index (κ1) is 32.8. The van der Waals surface area contributed by atoms with Gasteiger partial charge in [0.15, 0.2) is 5.82 Å². The zero-order valence-corrected chi connectivity index (χ0v) is 26.6. The van der Waals surface area contributed by atoms with E-state index in [9.17, 15) is 19.5 Å². The van der Waals surface area contributed by atoms with Gasteiger partial charge >= 0.3 is 5.97 Å². The van der Waals surface area contributed by atoms with Crippen molar-refractivity contribution in [3.8, 4) is 11.4 Å². The van der Waals surface area contributed by atoms with Crippen LogP contribution in [0.15, 0.2) is 67.0 Å². The number of carboxylic acids is 1. The number of hydrogen-bond acceptors (Lipinski definition) is 8. The second-order valence-electron chi connectivity index (χ2n) is 11.6. The highest BCUT2D eigenvalue weighted by Gasteiger charge is 2.37. The van der Waals surface area contributed by atoms with Gasteiger partial charge in [-0.2, -0.15) is 4.68 Å². The standard InChI is InChI=1S/C34H33ClFN7O5/c35-27-9-10-28(43-20-38-40-41-43)26(31(27)36)8-11-30(44)42-18-14-24-25(2-1-3-29(24)48-19-15-21-12-16-37-17-13-21)32(42)33(45)39-23-6-4-22(5-7-23)34(46)47/h1-11,20-21,32,37H,12-19H2,(H,39,45)(H,46,47)/t32-/m0/s1. The van der Waals surface area contributed by atoms with E-state index in [2.05, 4.69) is 26.2 Å². The van der Waals surface area contributed by atoms with E-state index in [4.69, 9.17) is 16.3 Å². The molecule has 2 amide bonds. The number of nitrogens with one attached hydrogen (secondary N) is 2. The molecule has 1 atom stereocenters. The Hall–Kier alpha value is -5.14. The molecule has 3 aromatic carbocycles. The summed E-state index contributed by atoms with van der Waals surface area (Å²) in [4.78, 5) is 40.6. The number of amides is 2. The van der Waals surface area contributed by atoms with Crippen LogP contribution < -0.4 is 15.4 Å². The molecule has 1 aromatic heterocycles. The Labute approximate surface area is 280 Å². The van der Waals surface area contributed by atoms with Crippen molar-refractivity contribution < 1.29 is 28.6 Å². The third kappa shape index (κ3) is 7.21. The number of piperidine rings is 1. The number of halogens is 2.